The highest BCUT2D eigenvalue weighted by molar-refractivity contribution is 9.10. The number of hydrogen-bond donors (Lipinski definition) is 3. The molecule has 164 valence electrons. The lowest BCUT2D eigenvalue weighted by atomic mass is 9.77. The number of rotatable bonds is 4. The van der Waals surface area contributed by atoms with Crippen LogP contribution in [0.4, 0.5) is 5.95 Å². The lowest BCUT2D eigenvalue weighted by Gasteiger charge is -2.44. The van der Waals surface area contributed by atoms with Gasteiger partial charge in [0.2, 0.25) is 5.95 Å². The van der Waals surface area contributed by atoms with Crippen LogP contribution in [0.25, 0.3) is 0 Å². The zero-order valence-corrected chi connectivity index (χ0v) is 18.6. The first-order valence-electron chi connectivity index (χ1n) is 10.0. The Morgan fingerprint density at radius 3 is 2.42 bits per heavy atom. The smallest absolute Gasteiger partial charge is 0.336 e. The number of piperidine rings is 1. The van der Waals surface area contributed by atoms with Gasteiger partial charge < -0.3 is 15.9 Å². The van der Waals surface area contributed by atoms with E-state index in [1.165, 1.54) is 49.2 Å². The topological polar surface area (TPSA) is 130 Å². The van der Waals surface area contributed by atoms with E-state index in [4.69, 9.17) is 15.9 Å². The van der Waals surface area contributed by atoms with Gasteiger partial charge in [0.1, 0.15) is 4.60 Å². The van der Waals surface area contributed by atoms with Crippen molar-refractivity contribution in [3.8, 4) is 0 Å². The number of likely N-dealkylation sites (tertiary alicyclic amines) is 1. The lowest BCUT2D eigenvalue weighted by Crippen LogP contribution is -2.49. The number of aromatic carboxylic acids is 2. The van der Waals surface area contributed by atoms with Crippen LogP contribution in [0.3, 0.4) is 0 Å². The molecule has 0 spiro atoms. The van der Waals surface area contributed by atoms with E-state index in [1.807, 2.05) is 6.08 Å². The van der Waals surface area contributed by atoms with E-state index in [1.54, 1.807) is 0 Å². The van der Waals surface area contributed by atoms with Crippen LogP contribution < -0.4 is 5.73 Å². The predicted octanol–water partition coefficient (Wildman–Crippen LogP) is 3.27. The summed E-state index contributed by atoms with van der Waals surface area (Å²) < 4.78 is 0.873. The Kier molecular flexibility index (Phi) is 7.40. The average molecular weight is 489 g/mol. The number of carboxylic acid groups (broad SMARTS) is 2. The molecule has 2 atom stereocenters. The van der Waals surface area contributed by atoms with E-state index in [0.29, 0.717) is 17.9 Å². The summed E-state index contributed by atoms with van der Waals surface area (Å²) in [5.41, 5.74) is 7.75. The summed E-state index contributed by atoms with van der Waals surface area (Å²) in [7, 11) is 0. The number of benzene rings is 1. The van der Waals surface area contributed by atoms with Crippen LogP contribution in [0, 0.1) is 5.92 Å². The number of carboxylic acids is 2. The molecule has 9 heteroatoms. The lowest BCUT2D eigenvalue weighted by molar-refractivity contribution is 0.0651. The summed E-state index contributed by atoms with van der Waals surface area (Å²) in [4.78, 5) is 32.1. The second-order valence-corrected chi connectivity index (χ2v) is 8.37. The third kappa shape index (κ3) is 5.29. The van der Waals surface area contributed by atoms with Gasteiger partial charge in [-0.1, -0.05) is 18.2 Å². The highest BCUT2D eigenvalue weighted by atomic mass is 79.9. The number of halogens is 1. The summed E-state index contributed by atoms with van der Waals surface area (Å²) in [5, 5.41) is 17.1. The van der Waals surface area contributed by atoms with Gasteiger partial charge in [-0.2, -0.15) is 0 Å². The van der Waals surface area contributed by atoms with Crippen molar-refractivity contribution in [1.29, 1.82) is 0 Å². The number of fused-ring (bicyclic) bond motifs is 2. The van der Waals surface area contributed by atoms with Crippen LogP contribution >= 0.6 is 15.9 Å². The molecule has 2 heterocycles. The van der Waals surface area contributed by atoms with Crippen LogP contribution in [0.1, 0.15) is 44.8 Å². The molecule has 0 bridgehead atoms. The van der Waals surface area contributed by atoms with Gasteiger partial charge >= 0.3 is 11.9 Å². The fourth-order valence-electron chi connectivity index (χ4n) is 4.34. The van der Waals surface area contributed by atoms with Crippen molar-refractivity contribution in [3.63, 3.8) is 0 Å². The SMILES string of the molecule is C=CCN1CCC[C@@H]2Cc3nc(N)nc(Br)c3C[C@H]21.O=C(O)c1ccccc1C(=O)O. The van der Waals surface area contributed by atoms with Crippen molar-refractivity contribution < 1.29 is 19.8 Å². The van der Waals surface area contributed by atoms with Gasteiger partial charge in [-0.25, -0.2) is 19.6 Å². The first-order chi connectivity index (χ1) is 14.8. The van der Waals surface area contributed by atoms with E-state index >= 15 is 0 Å². The zero-order valence-electron chi connectivity index (χ0n) is 17.0. The molecule has 1 aromatic carbocycles. The van der Waals surface area contributed by atoms with Gasteiger partial charge in [-0.3, -0.25) is 4.90 Å². The molecule has 0 amide bonds. The molecule has 1 fully saturated rings. The van der Waals surface area contributed by atoms with Gasteiger partial charge in [-0.15, -0.1) is 6.58 Å². The number of carbonyl (C=O) groups is 2. The maximum Gasteiger partial charge on any atom is 0.336 e. The largest absolute Gasteiger partial charge is 0.478 e. The second-order valence-electron chi connectivity index (χ2n) is 7.62. The molecule has 8 nitrogen and oxygen atoms in total. The Hall–Kier alpha value is -2.78. The van der Waals surface area contributed by atoms with Gasteiger partial charge in [0.25, 0.3) is 0 Å². The van der Waals surface area contributed by atoms with Gasteiger partial charge in [0, 0.05) is 18.2 Å². The molecule has 1 aliphatic carbocycles. The molecule has 1 aromatic heterocycles. The predicted molar refractivity (Wildman–Crippen MR) is 120 cm³/mol. The fraction of sp³-hybridized carbons (Fsp3) is 0.364. The molecular formula is C22H25BrN4O4. The minimum atomic E-state index is -1.23. The highest BCUT2D eigenvalue weighted by Gasteiger charge is 2.36. The van der Waals surface area contributed by atoms with Crippen molar-refractivity contribution in [2.75, 3.05) is 18.8 Å². The normalized spacial score (nSPS) is 19.9. The zero-order chi connectivity index (χ0) is 22.5. The molecule has 0 unspecified atom stereocenters. The first-order valence-corrected chi connectivity index (χ1v) is 10.8. The molecule has 0 saturated carbocycles. The van der Waals surface area contributed by atoms with Crippen molar-refractivity contribution >= 4 is 33.8 Å². The number of hydrogen-bond acceptors (Lipinski definition) is 6. The summed E-state index contributed by atoms with van der Waals surface area (Å²) >= 11 is 3.54. The highest BCUT2D eigenvalue weighted by Crippen LogP contribution is 2.36. The fourth-order valence-corrected chi connectivity index (χ4v) is 4.91. The van der Waals surface area contributed by atoms with E-state index in [9.17, 15) is 9.59 Å². The van der Waals surface area contributed by atoms with Crippen LogP contribution in [-0.2, 0) is 12.8 Å². The maximum absolute atomic E-state index is 10.5. The van der Waals surface area contributed by atoms with Gasteiger partial charge in [0.05, 0.1) is 16.8 Å². The number of anilines is 1. The van der Waals surface area contributed by atoms with Crippen molar-refractivity contribution in [1.82, 2.24) is 14.9 Å². The van der Waals surface area contributed by atoms with Crippen molar-refractivity contribution in [2.24, 2.45) is 5.92 Å². The molecule has 0 radical (unpaired) electrons. The van der Waals surface area contributed by atoms with Gasteiger partial charge in [-0.05, 0) is 66.2 Å². The van der Waals surface area contributed by atoms with Crippen molar-refractivity contribution in [2.45, 2.75) is 31.7 Å². The Morgan fingerprint density at radius 2 is 1.84 bits per heavy atom. The Bertz CT molecular complexity index is 964. The third-order valence-electron chi connectivity index (χ3n) is 5.71. The maximum atomic E-state index is 10.5. The summed E-state index contributed by atoms with van der Waals surface area (Å²) in [5.74, 6) is -1.38. The molecule has 1 saturated heterocycles. The standard InChI is InChI=1S/C14H19BrN4.C8H6O4/c1-2-5-19-6-3-4-9-7-11-10(8-12(9)19)13(15)18-14(16)17-11;9-7(10)5-3-1-2-4-6(5)8(11)12/h2,9,12H,1,3-8H2,(H2,16,17,18);1-4H,(H,9,10)(H,11,12)/t9-,12-;/m1./s1. The monoisotopic (exact) mass is 488 g/mol. The number of nitrogens with zero attached hydrogens (tertiary/aromatic N) is 3. The molecule has 1 aliphatic heterocycles. The van der Waals surface area contributed by atoms with E-state index in [2.05, 4.69) is 37.4 Å². The minimum absolute atomic E-state index is 0.190. The van der Waals surface area contributed by atoms with Crippen LogP contribution in [0.2, 0.25) is 0 Å². The average Bonchev–Trinajstić information content (AvgIpc) is 2.73. The molecule has 4 N–H and O–H groups in total. The second kappa shape index (κ2) is 10.0. The number of aromatic nitrogens is 2. The number of nitrogen functional groups attached to an aromatic ring is 1. The molecule has 2 aliphatic rings. The van der Waals surface area contributed by atoms with E-state index in [0.717, 1.165) is 29.7 Å². The molecule has 2 aromatic rings. The third-order valence-corrected chi connectivity index (χ3v) is 6.37. The van der Waals surface area contributed by atoms with Crippen LogP contribution in [0.5, 0.6) is 0 Å². The number of nitrogens with two attached hydrogens (primary N) is 1. The quantitative estimate of drug-likeness (QED) is 0.441. The van der Waals surface area contributed by atoms with Crippen molar-refractivity contribution in [3.05, 3.63) is 63.9 Å². The molecular weight excluding hydrogens is 464 g/mol. The summed E-state index contributed by atoms with van der Waals surface area (Å²) in [6, 6.07) is 6.08. The molecule has 4 rings (SSSR count). The molecule has 31 heavy (non-hydrogen) atoms. The van der Waals surface area contributed by atoms with Crippen LogP contribution in [0.15, 0.2) is 41.5 Å². The Labute approximate surface area is 188 Å². The summed E-state index contributed by atoms with van der Waals surface area (Å²) in [6.07, 6.45) is 6.62. The Morgan fingerprint density at radius 1 is 1.19 bits per heavy atom. The van der Waals surface area contributed by atoms with E-state index < -0.39 is 11.9 Å². The minimum Gasteiger partial charge on any atom is -0.478 e. The van der Waals surface area contributed by atoms with E-state index in [-0.39, 0.29) is 11.1 Å². The van der Waals surface area contributed by atoms with Gasteiger partial charge in [0.15, 0.2) is 0 Å². The summed E-state index contributed by atoms with van der Waals surface area (Å²) in [6.45, 7) is 6.03. The first kappa shape index (κ1) is 22.9. The Balaban J connectivity index is 0.000000196. The van der Waals surface area contributed by atoms with Crippen LogP contribution in [-0.4, -0.2) is 56.2 Å².